The van der Waals surface area contributed by atoms with Crippen molar-refractivity contribution in [3.05, 3.63) is 88.7 Å². The molecule has 1 aliphatic rings. The van der Waals surface area contributed by atoms with Crippen LogP contribution in [0.25, 0.3) is 0 Å². The Hall–Kier alpha value is -3.52. The molecule has 2 heterocycles. The first kappa shape index (κ1) is 21.7. The van der Waals surface area contributed by atoms with Crippen molar-refractivity contribution in [2.75, 3.05) is 36.5 Å². The Morgan fingerprint density at radius 1 is 1.03 bits per heavy atom. The molecule has 32 heavy (non-hydrogen) atoms. The Balaban J connectivity index is 1.48. The summed E-state index contributed by atoms with van der Waals surface area (Å²) in [5, 5.41) is 3.05. The molecule has 166 valence electrons. The summed E-state index contributed by atoms with van der Waals surface area (Å²) in [7, 11) is 0. The number of amides is 1. The number of ether oxygens (including phenoxy) is 1. The fourth-order valence-corrected chi connectivity index (χ4v) is 3.70. The Morgan fingerprint density at radius 2 is 1.72 bits per heavy atom. The average molecular weight is 438 g/mol. The van der Waals surface area contributed by atoms with E-state index in [0.717, 1.165) is 49.3 Å². The smallest absolute Gasteiger partial charge is 0.252 e. The van der Waals surface area contributed by atoms with E-state index in [1.807, 2.05) is 0 Å². The number of anilines is 2. The van der Waals surface area contributed by atoms with E-state index in [1.165, 1.54) is 18.3 Å². The minimum Gasteiger partial charge on any atom is -0.380 e. The molecule has 1 aliphatic heterocycles. The van der Waals surface area contributed by atoms with Crippen LogP contribution in [-0.2, 0) is 17.7 Å². The van der Waals surface area contributed by atoms with Crippen molar-refractivity contribution in [2.45, 2.75) is 13.0 Å². The second-order valence-corrected chi connectivity index (χ2v) is 7.66. The molecule has 0 atom stereocenters. The number of primary amides is 1. The third-order valence-electron chi connectivity index (χ3n) is 5.33. The summed E-state index contributed by atoms with van der Waals surface area (Å²) >= 11 is 0. The topological polar surface area (TPSA) is 80.5 Å². The standard InChI is InChI=1S/C24H24F2N4O2/c25-18-9-17(10-19(26)12-18)14-29-23-13-20(28-15-22(23)24(27)31)11-16-1-3-21(4-2-16)30-5-7-32-8-6-30/h1-4,9-10,12-13,15H,5-8,11,14H2,(H2,27,31)(H,28,29). The number of halogens is 2. The Morgan fingerprint density at radius 3 is 2.38 bits per heavy atom. The first-order valence-corrected chi connectivity index (χ1v) is 10.4. The van der Waals surface area contributed by atoms with Crippen molar-refractivity contribution in [1.29, 1.82) is 0 Å². The molecule has 2 aromatic carbocycles. The highest BCUT2D eigenvalue weighted by molar-refractivity contribution is 5.98. The van der Waals surface area contributed by atoms with Gasteiger partial charge in [-0.05, 0) is 41.5 Å². The van der Waals surface area contributed by atoms with E-state index in [4.69, 9.17) is 10.5 Å². The number of aromatic nitrogens is 1. The monoisotopic (exact) mass is 438 g/mol. The summed E-state index contributed by atoms with van der Waals surface area (Å²) < 4.78 is 32.3. The maximum atomic E-state index is 13.5. The lowest BCUT2D eigenvalue weighted by Crippen LogP contribution is -2.36. The Bertz CT molecular complexity index is 1080. The van der Waals surface area contributed by atoms with Crippen LogP contribution < -0.4 is 16.0 Å². The Labute approximate surface area is 185 Å². The molecule has 1 saturated heterocycles. The fourth-order valence-electron chi connectivity index (χ4n) is 3.70. The first-order chi connectivity index (χ1) is 15.5. The number of hydrogen-bond donors (Lipinski definition) is 2. The summed E-state index contributed by atoms with van der Waals surface area (Å²) in [4.78, 5) is 18.5. The molecule has 0 aliphatic carbocycles. The van der Waals surface area contributed by atoms with Gasteiger partial charge in [0, 0.05) is 49.7 Å². The van der Waals surface area contributed by atoms with Crippen LogP contribution in [-0.4, -0.2) is 37.2 Å². The highest BCUT2D eigenvalue weighted by atomic mass is 19.1. The zero-order valence-electron chi connectivity index (χ0n) is 17.5. The lowest BCUT2D eigenvalue weighted by Gasteiger charge is -2.28. The van der Waals surface area contributed by atoms with E-state index in [-0.39, 0.29) is 12.1 Å². The van der Waals surface area contributed by atoms with Crippen LogP contribution in [0.4, 0.5) is 20.2 Å². The second kappa shape index (κ2) is 9.74. The van der Waals surface area contributed by atoms with Crippen LogP contribution in [0.15, 0.2) is 54.7 Å². The predicted molar refractivity (Wildman–Crippen MR) is 119 cm³/mol. The third kappa shape index (κ3) is 5.39. The highest BCUT2D eigenvalue weighted by Gasteiger charge is 2.13. The van der Waals surface area contributed by atoms with Crippen LogP contribution in [0, 0.1) is 11.6 Å². The van der Waals surface area contributed by atoms with Crippen LogP contribution in [0.3, 0.4) is 0 Å². The molecule has 4 rings (SSSR count). The summed E-state index contributed by atoms with van der Waals surface area (Å²) in [5.74, 6) is -1.95. The lowest BCUT2D eigenvalue weighted by molar-refractivity contribution is 0.100. The molecule has 0 radical (unpaired) electrons. The van der Waals surface area contributed by atoms with E-state index < -0.39 is 17.5 Å². The number of hydrogen-bond acceptors (Lipinski definition) is 5. The lowest BCUT2D eigenvalue weighted by atomic mass is 10.1. The number of nitrogens with two attached hydrogens (primary N) is 1. The van der Waals surface area contributed by atoms with Crippen molar-refractivity contribution in [3.63, 3.8) is 0 Å². The zero-order valence-corrected chi connectivity index (χ0v) is 17.5. The molecular formula is C24H24F2N4O2. The van der Waals surface area contributed by atoms with Crippen molar-refractivity contribution < 1.29 is 18.3 Å². The summed E-state index contributed by atoms with van der Waals surface area (Å²) in [6.07, 6.45) is 1.99. The van der Waals surface area contributed by atoms with Gasteiger partial charge >= 0.3 is 0 Å². The van der Waals surface area contributed by atoms with Crippen molar-refractivity contribution >= 4 is 17.3 Å². The predicted octanol–water partition coefficient (Wildman–Crippen LogP) is 3.50. The molecule has 3 aromatic rings. The van der Waals surface area contributed by atoms with Crippen LogP contribution in [0.5, 0.6) is 0 Å². The molecule has 0 bridgehead atoms. The van der Waals surface area contributed by atoms with Gasteiger partial charge in [0.2, 0.25) is 0 Å². The fraction of sp³-hybridized carbons (Fsp3) is 0.250. The van der Waals surface area contributed by atoms with Gasteiger partial charge in [0.1, 0.15) is 11.6 Å². The van der Waals surface area contributed by atoms with Crippen molar-refractivity contribution in [3.8, 4) is 0 Å². The van der Waals surface area contributed by atoms with Gasteiger partial charge in [-0.15, -0.1) is 0 Å². The number of benzene rings is 2. The Kier molecular flexibility index (Phi) is 6.61. The maximum absolute atomic E-state index is 13.5. The van der Waals surface area contributed by atoms with Gasteiger partial charge in [0.15, 0.2) is 0 Å². The zero-order chi connectivity index (χ0) is 22.5. The summed E-state index contributed by atoms with van der Waals surface area (Å²) in [6, 6.07) is 13.3. The number of carbonyl (C=O) groups is 1. The molecule has 0 saturated carbocycles. The quantitative estimate of drug-likeness (QED) is 0.590. The van der Waals surface area contributed by atoms with Crippen molar-refractivity contribution in [2.24, 2.45) is 5.73 Å². The first-order valence-electron chi connectivity index (χ1n) is 10.4. The van der Waals surface area contributed by atoms with Gasteiger partial charge in [-0.1, -0.05) is 12.1 Å². The van der Waals surface area contributed by atoms with Gasteiger partial charge in [-0.3, -0.25) is 9.78 Å². The average Bonchev–Trinajstić information content (AvgIpc) is 2.78. The molecular weight excluding hydrogens is 414 g/mol. The third-order valence-corrected chi connectivity index (χ3v) is 5.33. The molecule has 0 spiro atoms. The number of nitrogens with zero attached hydrogens (tertiary/aromatic N) is 2. The van der Waals surface area contributed by atoms with Crippen molar-refractivity contribution in [1.82, 2.24) is 4.98 Å². The molecule has 1 fully saturated rings. The SMILES string of the molecule is NC(=O)c1cnc(Cc2ccc(N3CCOCC3)cc2)cc1NCc1cc(F)cc(F)c1. The molecule has 3 N–H and O–H groups in total. The minimum atomic E-state index is -0.659. The maximum Gasteiger partial charge on any atom is 0.252 e. The number of nitrogens with one attached hydrogen (secondary N) is 1. The molecule has 6 nitrogen and oxygen atoms in total. The minimum absolute atomic E-state index is 0.132. The number of morpholine rings is 1. The van der Waals surface area contributed by atoms with Crippen LogP contribution in [0.1, 0.15) is 27.2 Å². The normalized spacial score (nSPS) is 13.8. The second-order valence-electron chi connectivity index (χ2n) is 7.66. The van der Waals surface area contributed by atoms with Gasteiger partial charge in [-0.25, -0.2) is 8.78 Å². The van der Waals surface area contributed by atoms with Gasteiger partial charge in [0.05, 0.1) is 24.5 Å². The molecule has 1 aromatic heterocycles. The molecule has 1 amide bonds. The van der Waals surface area contributed by atoms with E-state index >= 15 is 0 Å². The number of pyridine rings is 1. The van der Waals surface area contributed by atoms with E-state index in [9.17, 15) is 13.6 Å². The molecule has 0 unspecified atom stereocenters. The van der Waals surface area contributed by atoms with Gasteiger partial charge in [0.25, 0.3) is 5.91 Å². The molecule has 8 heteroatoms. The summed E-state index contributed by atoms with van der Waals surface area (Å²) in [6.45, 7) is 3.35. The largest absolute Gasteiger partial charge is 0.380 e. The van der Waals surface area contributed by atoms with Gasteiger partial charge in [-0.2, -0.15) is 0 Å². The van der Waals surface area contributed by atoms with E-state index in [1.54, 1.807) is 6.07 Å². The van der Waals surface area contributed by atoms with Gasteiger partial charge < -0.3 is 20.7 Å². The summed E-state index contributed by atoms with van der Waals surface area (Å²) in [5.41, 5.74) is 9.53. The van der Waals surface area contributed by atoms with Crippen LogP contribution >= 0.6 is 0 Å². The highest BCUT2D eigenvalue weighted by Crippen LogP contribution is 2.21. The van der Waals surface area contributed by atoms with E-state index in [2.05, 4.69) is 39.5 Å². The number of carbonyl (C=O) groups excluding carboxylic acids is 1. The van der Waals surface area contributed by atoms with E-state index in [0.29, 0.717) is 17.7 Å². The number of rotatable bonds is 7. The van der Waals surface area contributed by atoms with Crippen LogP contribution in [0.2, 0.25) is 0 Å².